The topological polar surface area (TPSA) is 97.1 Å². The van der Waals surface area contributed by atoms with E-state index in [0.717, 1.165) is 16.9 Å². The molecular weight excluding hydrogens is 362 g/mol. The first-order valence-electron chi connectivity index (χ1n) is 8.59. The molecule has 28 heavy (non-hydrogen) atoms. The molecular formula is C21H23NO6. The summed E-state index contributed by atoms with van der Waals surface area (Å²) in [6, 6.07) is 12.2. The molecule has 2 rings (SSSR count). The van der Waals surface area contributed by atoms with Gasteiger partial charge in [0.15, 0.2) is 0 Å². The van der Waals surface area contributed by atoms with E-state index in [2.05, 4.69) is 6.58 Å². The predicted molar refractivity (Wildman–Crippen MR) is 103 cm³/mol. The Balaban J connectivity index is 2.05. The van der Waals surface area contributed by atoms with Gasteiger partial charge >= 0.3 is 12.1 Å². The van der Waals surface area contributed by atoms with E-state index < -0.39 is 12.1 Å². The number of rotatable bonds is 9. The van der Waals surface area contributed by atoms with Gasteiger partial charge in [-0.2, -0.15) is 0 Å². The van der Waals surface area contributed by atoms with Gasteiger partial charge < -0.3 is 24.7 Å². The maximum absolute atomic E-state index is 12.5. The molecule has 7 nitrogen and oxygen atoms in total. The molecule has 0 atom stereocenters. The minimum absolute atomic E-state index is 0.0401. The number of ether oxygens (including phenoxy) is 4. The minimum Gasteiger partial charge on any atom is -0.497 e. The number of hydrogen-bond donors (Lipinski definition) is 1. The Morgan fingerprint density at radius 2 is 1.71 bits per heavy atom. The fourth-order valence-corrected chi connectivity index (χ4v) is 2.35. The van der Waals surface area contributed by atoms with Crippen LogP contribution in [0.1, 0.15) is 27.0 Å². The van der Waals surface area contributed by atoms with Crippen molar-refractivity contribution in [1.29, 1.82) is 0 Å². The van der Waals surface area contributed by atoms with Gasteiger partial charge in [-0.05, 0) is 29.3 Å². The molecule has 148 valence electrons. The lowest BCUT2D eigenvalue weighted by Gasteiger charge is -2.12. The minimum atomic E-state index is -0.851. The number of carbonyl (C=O) groups excluding carboxylic acids is 2. The molecule has 7 heteroatoms. The highest BCUT2D eigenvalue weighted by atomic mass is 16.7. The summed E-state index contributed by atoms with van der Waals surface area (Å²) in [4.78, 5) is 24.0. The van der Waals surface area contributed by atoms with Crippen molar-refractivity contribution in [3.8, 4) is 5.75 Å². The normalized spacial score (nSPS) is 10.1. The quantitative estimate of drug-likeness (QED) is 0.522. The van der Waals surface area contributed by atoms with Crippen LogP contribution in [0, 0.1) is 0 Å². The number of carbonyl (C=O) groups is 2. The van der Waals surface area contributed by atoms with Crippen molar-refractivity contribution in [3.05, 3.63) is 77.4 Å². The van der Waals surface area contributed by atoms with Crippen molar-refractivity contribution in [3.63, 3.8) is 0 Å². The molecule has 0 aliphatic rings. The van der Waals surface area contributed by atoms with E-state index in [1.165, 1.54) is 6.08 Å². The maximum Gasteiger partial charge on any atom is 0.508 e. The zero-order chi connectivity index (χ0) is 20.4. The molecule has 0 saturated carbocycles. The summed E-state index contributed by atoms with van der Waals surface area (Å²) in [6.07, 6.45) is 0.578. The highest BCUT2D eigenvalue weighted by Crippen LogP contribution is 2.17. The average Bonchev–Trinajstić information content (AvgIpc) is 2.74. The summed E-state index contributed by atoms with van der Waals surface area (Å²) < 4.78 is 20.3. The summed E-state index contributed by atoms with van der Waals surface area (Å²) in [5.41, 5.74) is 8.05. The summed E-state index contributed by atoms with van der Waals surface area (Å²) in [5.74, 6) is 0.188. The van der Waals surface area contributed by atoms with Crippen LogP contribution in [0.3, 0.4) is 0 Å². The number of hydrogen-bond acceptors (Lipinski definition) is 7. The number of benzene rings is 2. The molecule has 0 saturated heterocycles. The molecule has 0 radical (unpaired) electrons. The Morgan fingerprint density at radius 1 is 1.00 bits per heavy atom. The molecule has 2 aromatic rings. The van der Waals surface area contributed by atoms with E-state index in [1.54, 1.807) is 37.4 Å². The van der Waals surface area contributed by atoms with E-state index in [9.17, 15) is 9.59 Å². The van der Waals surface area contributed by atoms with Crippen molar-refractivity contribution in [1.82, 2.24) is 0 Å². The Bertz CT molecular complexity index is 816. The van der Waals surface area contributed by atoms with Crippen LogP contribution < -0.4 is 10.5 Å². The third kappa shape index (κ3) is 6.14. The SMILES string of the molecule is C=CCOC(=O)OCc1cc(CN)ccc1C(=O)OCc1ccc(OC)cc1. The van der Waals surface area contributed by atoms with Crippen LogP contribution in [0.5, 0.6) is 5.75 Å². The zero-order valence-electron chi connectivity index (χ0n) is 15.7. The van der Waals surface area contributed by atoms with Gasteiger partial charge in [0.05, 0.1) is 12.7 Å². The lowest BCUT2D eigenvalue weighted by molar-refractivity contribution is 0.0450. The van der Waals surface area contributed by atoms with Crippen LogP contribution in [0.15, 0.2) is 55.1 Å². The molecule has 0 bridgehead atoms. The molecule has 0 heterocycles. The van der Waals surface area contributed by atoms with Crippen molar-refractivity contribution in [2.24, 2.45) is 5.73 Å². The first-order chi connectivity index (χ1) is 13.6. The van der Waals surface area contributed by atoms with Crippen LogP contribution in [0.2, 0.25) is 0 Å². The highest BCUT2D eigenvalue weighted by Gasteiger charge is 2.16. The van der Waals surface area contributed by atoms with E-state index in [1.807, 2.05) is 12.1 Å². The first-order valence-corrected chi connectivity index (χ1v) is 8.59. The predicted octanol–water partition coefficient (Wildman–Crippen LogP) is 3.35. The zero-order valence-corrected chi connectivity index (χ0v) is 15.7. The first kappa shape index (κ1) is 21.0. The van der Waals surface area contributed by atoms with Crippen molar-refractivity contribution >= 4 is 12.1 Å². The smallest absolute Gasteiger partial charge is 0.497 e. The number of methoxy groups -OCH3 is 1. The average molecular weight is 385 g/mol. The largest absolute Gasteiger partial charge is 0.508 e. The molecule has 0 spiro atoms. The van der Waals surface area contributed by atoms with Crippen LogP contribution in [0.4, 0.5) is 4.79 Å². The molecule has 0 unspecified atom stereocenters. The number of nitrogens with two attached hydrogens (primary N) is 1. The van der Waals surface area contributed by atoms with E-state index >= 15 is 0 Å². The van der Waals surface area contributed by atoms with Gasteiger partial charge in [0, 0.05) is 12.1 Å². The van der Waals surface area contributed by atoms with Gasteiger partial charge in [-0.3, -0.25) is 0 Å². The maximum atomic E-state index is 12.5. The van der Waals surface area contributed by atoms with Gasteiger partial charge in [0.25, 0.3) is 0 Å². The van der Waals surface area contributed by atoms with Crippen molar-refractivity contribution in [2.45, 2.75) is 19.8 Å². The van der Waals surface area contributed by atoms with Gasteiger partial charge in [-0.1, -0.05) is 36.9 Å². The Kier molecular flexibility index (Phi) is 8.05. The van der Waals surface area contributed by atoms with Gasteiger partial charge in [0.1, 0.15) is 25.6 Å². The molecule has 2 aromatic carbocycles. The number of esters is 1. The van der Waals surface area contributed by atoms with E-state index in [0.29, 0.717) is 11.1 Å². The fraction of sp³-hybridized carbons (Fsp3) is 0.238. The third-order valence-electron chi connectivity index (χ3n) is 3.82. The second kappa shape index (κ2) is 10.7. The summed E-state index contributed by atoms with van der Waals surface area (Å²) in [7, 11) is 1.58. The molecule has 0 aliphatic carbocycles. The van der Waals surface area contributed by atoms with Crippen LogP contribution >= 0.6 is 0 Å². The monoisotopic (exact) mass is 385 g/mol. The Hall–Kier alpha value is -3.32. The summed E-state index contributed by atoms with van der Waals surface area (Å²) >= 11 is 0. The van der Waals surface area contributed by atoms with Gasteiger partial charge in [-0.25, -0.2) is 9.59 Å². The van der Waals surface area contributed by atoms with Crippen LogP contribution in [-0.2, 0) is 34.0 Å². The molecule has 0 aromatic heterocycles. The summed E-state index contributed by atoms with van der Waals surface area (Å²) in [6.45, 7) is 3.74. The third-order valence-corrected chi connectivity index (χ3v) is 3.82. The Labute approximate surface area is 163 Å². The highest BCUT2D eigenvalue weighted by molar-refractivity contribution is 5.91. The van der Waals surface area contributed by atoms with E-state index in [4.69, 9.17) is 24.7 Å². The van der Waals surface area contributed by atoms with Gasteiger partial charge in [-0.15, -0.1) is 0 Å². The van der Waals surface area contributed by atoms with Crippen molar-refractivity contribution in [2.75, 3.05) is 13.7 Å². The summed E-state index contributed by atoms with van der Waals surface area (Å²) in [5, 5.41) is 0. The second-order valence-electron chi connectivity index (χ2n) is 5.76. The molecule has 0 amide bonds. The van der Waals surface area contributed by atoms with Gasteiger partial charge in [0.2, 0.25) is 0 Å². The Morgan fingerprint density at radius 3 is 2.36 bits per heavy atom. The molecule has 2 N–H and O–H groups in total. The molecule has 0 fully saturated rings. The van der Waals surface area contributed by atoms with E-state index in [-0.39, 0.29) is 26.4 Å². The lowest BCUT2D eigenvalue weighted by atomic mass is 10.0. The van der Waals surface area contributed by atoms with Crippen LogP contribution in [0.25, 0.3) is 0 Å². The lowest BCUT2D eigenvalue weighted by Crippen LogP contribution is -2.13. The standard InChI is InChI=1S/C21H23NO6/c1-3-10-26-21(24)28-14-17-11-16(12-22)6-9-19(17)20(23)27-13-15-4-7-18(25-2)8-5-15/h3-9,11H,1,10,12-14,22H2,2H3. The molecule has 0 aliphatic heterocycles. The second-order valence-corrected chi connectivity index (χ2v) is 5.76. The van der Waals surface area contributed by atoms with Crippen molar-refractivity contribution < 1.29 is 28.5 Å². The van der Waals surface area contributed by atoms with Crippen LogP contribution in [-0.4, -0.2) is 25.8 Å². The fourth-order valence-electron chi connectivity index (χ4n) is 2.35.